The number of carboxylic acids is 1. The zero-order valence-electron chi connectivity index (χ0n) is 11.4. The van der Waals surface area contributed by atoms with E-state index in [1.165, 1.54) is 0 Å². The minimum Gasteiger partial charge on any atom is -0.481 e. The third-order valence-corrected chi connectivity index (χ3v) is 4.64. The molecule has 3 rings (SSSR count). The normalized spacial score (nSPS) is 31.2. The highest BCUT2D eigenvalue weighted by Gasteiger charge is 2.54. The molecule has 2 saturated carbocycles. The van der Waals surface area contributed by atoms with E-state index in [0.717, 1.165) is 25.0 Å². The Kier molecular flexibility index (Phi) is 3.20. The predicted molar refractivity (Wildman–Crippen MR) is 73.1 cm³/mol. The molecule has 0 aromatic carbocycles. The molecule has 2 aliphatic carbocycles. The fourth-order valence-electron chi connectivity index (χ4n) is 3.85. The van der Waals surface area contributed by atoms with Crippen molar-refractivity contribution in [1.82, 2.24) is 4.98 Å². The van der Waals surface area contributed by atoms with Crippen LogP contribution in [0, 0.1) is 30.6 Å². The molecular formula is C15H18N2O3. The number of hydrogen-bond acceptors (Lipinski definition) is 3. The summed E-state index contributed by atoms with van der Waals surface area (Å²) in [6.45, 7) is 1.85. The van der Waals surface area contributed by atoms with Crippen LogP contribution in [0.4, 0.5) is 5.82 Å². The first kappa shape index (κ1) is 13.1. The Balaban J connectivity index is 1.78. The Morgan fingerprint density at radius 2 is 1.95 bits per heavy atom. The van der Waals surface area contributed by atoms with Gasteiger partial charge in [-0.05, 0) is 50.2 Å². The van der Waals surface area contributed by atoms with E-state index < -0.39 is 17.8 Å². The van der Waals surface area contributed by atoms with E-state index in [2.05, 4.69) is 10.3 Å². The van der Waals surface area contributed by atoms with Crippen molar-refractivity contribution in [2.24, 2.45) is 23.7 Å². The van der Waals surface area contributed by atoms with Crippen LogP contribution in [-0.4, -0.2) is 22.0 Å². The van der Waals surface area contributed by atoms with Crippen LogP contribution in [-0.2, 0) is 9.59 Å². The molecule has 2 N–H and O–H groups in total. The average Bonchev–Trinajstić information content (AvgIpc) is 2.98. The second-order valence-corrected chi connectivity index (χ2v) is 5.88. The van der Waals surface area contributed by atoms with Gasteiger partial charge in [0, 0.05) is 5.69 Å². The maximum Gasteiger partial charge on any atom is 0.307 e. The van der Waals surface area contributed by atoms with Crippen LogP contribution in [0.15, 0.2) is 18.2 Å². The number of fused-ring (bicyclic) bond motifs is 2. The Hall–Kier alpha value is -1.91. The van der Waals surface area contributed by atoms with Crippen molar-refractivity contribution in [1.29, 1.82) is 0 Å². The molecule has 0 radical (unpaired) electrons. The zero-order chi connectivity index (χ0) is 14.3. The van der Waals surface area contributed by atoms with Gasteiger partial charge < -0.3 is 10.4 Å². The van der Waals surface area contributed by atoms with Crippen LogP contribution >= 0.6 is 0 Å². The minimum absolute atomic E-state index is 0.165. The highest BCUT2D eigenvalue weighted by atomic mass is 16.4. The van der Waals surface area contributed by atoms with E-state index in [1.54, 1.807) is 6.07 Å². The third kappa shape index (κ3) is 2.17. The lowest BCUT2D eigenvalue weighted by Crippen LogP contribution is -2.38. The number of amides is 1. The summed E-state index contributed by atoms with van der Waals surface area (Å²) < 4.78 is 0. The highest BCUT2D eigenvalue weighted by Crippen LogP contribution is 2.52. The molecule has 1 heterocycles. The third-order valence-electron chi connectivity index (χ3n) is 4.64. The number of carbonyl (C=O) groups excluding carboxylic acids is 1. The molecule has 4 atom stereocenters. The summed E-state index contributed by atoms with van der Waals surface area (Å²) in [6, 6.07) is 5.41. The lowest BCUT2D eigenvalue weighted by Gasteiger charge is -2.26. The number of aliphatic carboxylic acids is 1. The number of rotatable bonds is 3. The van der Waals surface area contributed by atoms with Crippen LogP contribution in [0.25, 0.3) is 0 Å². The van der Waals surface area contributed by atoms with Crippen LogP contribution in [0.3, 0.4) is 0 Å². The van der Waals surface area contributed by atoms with Gasteiger partial charge in [0.1, 0.15) is 5.82 Å². The second-order valence-electron chi connectivity index (χ2n) is 5.88. The molecule has 2 aliphatic rings. The summed E-state index contributed by atoms with van der Waals surface area (Å²) in [5.74, 6) is -1.09. The van der Waals surface area contributed by atoms with Crippen molar-refractivity contribution >= 4 is 17.7 Å². The smallest absolute Gasteiger partial charge is 0.307 e. The maximum absolute atomic E-state index is 12.4. The van der Waals surface area contributed by atoms with Gasteiger partial charge in [0.15, 0.2) is 0 Å². The monoisotopic (exact) mass is 274 g/mol. The first-order valence-electron chi connectivity index (χ1n) is 7.03. The molecule has 1 aromatic rings. The Morgan fingerprint density at radius 3 is 2.60 bits per heavy atom. The summed E-state index contributed by atoms with van der Waals surface area (Å²) in [7, 11) is 0. The van der Waals surface area contributed by atoms with Crippen molar-refractivity contribution in [3.8, 4) is 0 Å². The molecule has 20 heavy (non-hydrogen) atoms. The minimum atomic E-state index is -0.838. The van der Waals surface area contributed by atoms with E-state index in [0.29, 0.717) is 5.82 Å². The number of aryl methyl sites for hydroxylation is 1. The number of carbonyl (C=O) groups is 2. The summed E-state index contributed by atoms with van der Waals surface area (Å²) in [4.78, 5) is 28.1. The Morgan fingerprint density at radius 1 is 1.25 bits per heavy atom. The van der Waals surface area contributed by atoms with E-state index >= 15 is 0 Å². The zero-order valence-corrected chi connectivity index (χ0v) is 11.4. The molecule has 1 aromatic heterocycles. The van der Waals surface area contributed by atoms with Gasteiger partial charge in [-0.2, -0.15) is 0 Å². The molecule has 0 spiro atoms. The molecule has 5 heteroatoms. The first-order valence-corrected chi connectivity index (χ1v) is 7.03. The molecule has 2 bridgehead atoms. The fourth-order valence-corrected chi connectivity index (χ4v) is 3.85. The van der Waals surface area contributed by atoms with Gasteiger partial charge in [-0.15, -0.1) is 0 Å². The number of nitrogens with one attached hydrogen (secondary N) is 1. The van der Waals surface area contributed by atoms with Gasteiger partial charge in [0.25, 0.3) is 0 Å². The van der Waals surface area contributed by atoms with E-state index in [1.807, 2.05) is 19.1 Å². The fraction of sp³-hybridized carbons (Fsp3) is 0.533. The number of anilines is 1. The molecule has 0 unspecified atom stereocenters. The summed E-state index contributed by atoms with van der Waals surface area (Å²) >= 11 is 0. The van der Waals surface area contributed by atoms with Gasteiger partial charge in [-0.25, -0.2) is 4.98 Å². The molecule has 0 saturated heterocycles. The maximum atomic E-state index is 12.4. The van der Waals surface area contributed by atoms with Crippen LogP contribution in [0.1, 0.15) is 25.0 Å². The summed E-state index contributed by atoms with van der Waals surface area (Å²) in [5.41, 5.74) is 0.825. The van der Waals surface area contributed by atoms with Crippen molar-refractivity contribution in [2.75, 3.05) is 5.32 Å². The van der Waals surface area contributed by atoms with Gasteiger partial charge in [0.2, 0.25) is 5.91 Å². The topological polar surface area (TPSA) is 79.3 Å². The molecule has 5 nitrogen and oxygen atoms in total. The lowest BCUT2D eigenvalue weighted by atomic mass is 9.79. The van der Waals surface area contributed by atoms with E-state index in [9.17, 15) is 14.7 Å². The Bertz CT molecular complexity index is 558. The van der Waals surface area contributed by atoms with Crippen LogP contribution in [0.5, 0.6) is 0 Å². The highest BCUT2D eigenvalue weighted by molar-refractivity contribution is 5.95. The number of pyridine rings is 1. The first-order chi connectivity index (χ1) is 9.56. The molecule has 1 amide bonds. The molecule has 0 aliphatic heterocycles. The van der Waals surface area contributed by atoms with Crippen molar-refractivity contribution < 1.29 is 14.7 Å². The largest absolute Gasteiger partial charge is 0.481 e. The van der Waals surface area contributed by atoms with Gasteiger partial charge in [-0.1, -0.05) is 6.07 Å². The van der Waals surface area contributed by atoms with Gasteiger partial charge >= 0.3 is 5.97 Å². The van der Waals surface area contributed by atoms with Crippen molar-refractivity contribution in [3.05, 3.63) is 23.9 Å². The molecule has 106 valence electrons. The lowest BCUT2D eigenvalue weighted by molar-refractivity contribution is -0.148. The van der Waals surface area contributed by atoms with Crippen LogP contribution in [0.2, 0.25) is 0 Å². The average molecular weight is 274 g/mol. The number of aromatic nitrogens is 1. The SMILES string of the molecule is Cc1cccc(NC(=O)[C@H]2[C@H]3CC[C@@H](C3)[C@@H]2C(=O)O)n1. The van der Waals surface area contributed by atoms with E-state index in [-0.39, 0.29) is 17.7 Å². The van der Waals surface area contributed by atoms with E-state index in [4.69, 9.17) is 0 Å². The van der Waals surface area contributed by atoms with Crippen molar-refractivity contribution in [2.45, 2.75) is 26.2 Å². The number of nitrogens with zero attached hydrogens (tertiary/aromatic N) is 1. The standard InChI is InChI=1S/C15H18N2O3/c1-8-3-2-4-11(16-8)17-14(18)12-9-5-6-10(7-9)13(12)15(19)20/h2-4,9-10,12-13H,5-7H2,1H3,(H,19,20)(H,16,17,18)/t9-,10-,12-,13-/m0/s1. The summed E-state index contributed by atoms with van der Waals surface area (Å²) in [6.07, 6.45) is 2.78. The summed E-state index contributed by atoms with van der Waals surface area (Å²) in [5, 5.41) is 12.2. The molecular weight excluding hydrogens is 256 g/mol. The molecule has 2 fully saturated rings. The van der Waals surface area contributed by atoms with Crippen molar-refractivity contribution in [3.63, 3.8) is 0 Å². The quantitative estimate of drug-likeness (QED) is 0.884. The second kappa shape index (κ2) is 4.89. The van der Waals surface area contributed by atoms with Crippen LogP contribution < -0.4 is 5.32 Å². The number of hydrogen-bond donors (Lipinski definition) is 2. The Labute approximate surface area is 117 Å². The van der Waals surface area contributed by atoms with Gasteiger partial charge in [0.05, 0.1) is 11.8 Å². The van der Waals surface area contributed by atoms with Gasteiger partial charge in [-0.3, -0.25) is 9.59 Å². The number of carboxylic acid groups (broad SMARTS) is 1. The predicted octanol–water partition coefficient (Wildman–Crippen LogP) is 2.08.